The lowest BCUT2D eigenvalue weighted by Gasteiger charge is -2.00. The third kappa shape index (κ3) is 13.2. The molecule has 0 radical (unpaired) electrons. The third-order valence-electron chi connectivity index (χ3n) is 2.85. The van der Waals surface area contributed by atoms with Crippen LogP contribution in [0.3, 0.4) is 0 Å². The molecule has 0 atom stereocenters. The summed E-state index contributed by atoms with van der Waals surface area (Å²) < 4.78 is 0. The maximum absolute atomic E-state index is 8.33. The molecule has 0 aliphatic rings. The Hall–Kier alpha value is -0.770. The largest absolute Gasteiger partial charge is 0.198 e. The van der Waals surface area contributed by atoms with Crippen molar-refractivity contribution in [2.45, 2.75) is 77.6 Å². The minimum Gasteiger partial charge on any atom is -0.198 e. The van der Waals surface area contributed by atoms with Gasteiger partial charge in [-0.3, -0.25) is 0 Å². The smallest absolute Gasteiger partial charge is 0.0663 e. The summed E-state index contributed by atoms with van der Waals surface area (Å²) in [6.07, 6.45) is 18.3. The van der Waals surface area contributed by atoms with E-state index in [1.165, 1.54) is 57.8 Å². The molecule has 0 spiro atoms. The first-order valence-electron chi connectivity index (χ1n) is 6.93. The van der Waals surface area contributed by atoms with E-state index in [-0.39, 0.29) is 0 Å². The topological polar surface area (TPSA) is 23.8 Å². The average molecular weight is 221 g/mol. The van der Waals surface area contributed by atoms with Gasteiger partial charge in [-0.05, 0) is 12.8 Å². The number of unbranched alkanes of at least 4 members (excludes halogenated alkanes) is 9. The second-order valence-corrected chi connectivity index (χ2v) is 4.45. The van der Waals surface area contributed by atoms with E-state index >= 15 is 0 Å². The van der Waals surface area contributed by atoms with Crippen LogP contribution in [-0.2, 0) is 0 Å². The van der Waals surface area contributed by atoms with E-state index < -0.39 is 0 Å². The summed E-state index contributed by atoms with van der Waals surface area (Å²) in [6.45, 7) is 2.26. The summed E-state index contributed by atoms with van der Waals surface area (Å²) in [5.41, 5.74) is 0. The molecule has 0 aromatic rings. The van der Waals surface area contributed by atoms with Crippen LogP contribution in [0.1, 0.15) is 77.6 Å². The lowest BCUT2D eigenvalue weighted by Crippen LogP contribution is -1.80. The summed E-state index contributed by atoms with van der Waals surface area (Å²) in [6, 6.07) is 2.12. The molecule has 0 bridgehead atoms. The zero-order valence-corrected chi connectivity index (χ0v) is 10.9. The van der Waals surface area contributed by atoms with E-state index in [4.69, 9.17) is 5.26 Å². The normalized spacial score (nSPS) is 10.8. The predicted molar refractivity (Wildman–Crippen MR) is 71.2 cm³/mol. The highest BCUT2D eigenvalue weighted by Crippen LogP contribution is 2.10. The highest BCUT2D eigenvalue weighted by atomic mass is 14.2. The number of rotatable bonds is 11. The van der Waals surface area contributed by atoms with Gasteiger partial charge in [0.05, 0.1) is 12.5 Å². The molecule has 0 unspecified atom stereocenters. The maximum Gasteiger partial charge on any atom is 0.0663 e. The highest BCUT2D eigenvalue weighted by molar-refractivity contribution is 4.90. The van der Waals surface area contributed by atoms with Gasteiger partial charge < -0.3 is 0 Å². The lowest BCUT2D eigenvalue weighted by atomic mass is 10.1. The second-order valence-electron chi connectivity index (χ2n) is 4.45. The van der Waals surface area contributed by atoms with Crippen molar-refractivity contribution in [1.82, 2.24) is 0 Å². The minimum absolute atomic E-state index is 0.567. The van der Waals surface area contributed by atoms with Crippen molar-refractivity contribution in [3.8, 4) is 6.07 Å². The zero-order valence-electron chi connectivity index (χ0n) is 10.9. The molecule has 0 aliphatic heterocycles. The fourth-order valence-electron chi connectivity index (χ4n) is 1.83. The van der Waals surface area contributed by atoms with E-state index in [0.29, 0.717) is 6.42 Å². The Morgan fingerprint density at radius 1 is 0.812 bits per heavy atom. The zero-order chi connectivity index (χ0) is 11.9. The van der Waals surface area contributed by atoms with Gasteiger partial charge in [-0.1, -0.05) is 70.4 Å². The number of allylic oxidation sites excluding steroid dienone is 2. The molecule has 16 heavy (non-hydrogen) atoms. The van der Waals surface area contributed by atoms with Crippen LogP contribution >= 0.6 is 0 Å². The molecule has 0 amide bonds. The monoisotopic (exact) mass is 221 g/mol. The summed E-state index contributed by atoms with van der Waals surface area (Å²) >= 11 is 0. The Morgan fingerprint density at radius 3 is 1.94 bits per heavy atom. The Kier molecular flexibility index (Phi) is 13.5. The molecule has 0 N–H and O–H groups in total. The van der Waals surface area contributed by atoms with Gasteiger partial charge in [-0.15, -0.1) is 0 Å². The number of hydrogen-bond acceptors (Lipinski definition) is 1. The molecule has 0 aromatic heterocycles. The molecule has 0 saturated heterocycles. The SMILES string of the molecule is CCCCCCCCCCCC=CCC#N. The molecule has 0 saturated carbocycles. The Balaban J connectivity index is 2.96. The number of hydrogen-bond donors (Lipinski definition) is 0. The fraction of sp³-hybridized carbons (Fsp3) is 0.800. The van der Waals surface area contributed by atoms with Crippen molar-refractivity contribution < 1.29 is 0 Å². The third-order valence-corrected chi connectivity index (χ3v) is 2.85. The van der Waals surface area contributed by atoms with Crippen LogP contribution in [0.15, 0.2) is 12.2 Å². The van der Waals surface area contributed by atoms with Crippen molar-refractivity contribution in [3.05, 3.63) is 12.2 Å². The lowest BCUT2D eigenvalue weighted by molar-refractivity contribution is 0.566. The van der Waals surface area contributed by atoms with Gasteiger partial charge in [0.1, 0.15) is 0 Å². The van der Waals surface area contributed by atoms with Crippen LogP contribution in [-0.4, -0.2) is 0 Å². The molecule has 0 fully saturated rings. The summed E-state index contributed by atoms with van der Waals surface area (Å²) in [7, 11) is 0. The molecule has 0 rings (SSSR count). The summed E-state index contributed by atoms with van der Waals surface area (Å²) in [5, 5.41) is 8.33. The summed E-state index contributed by atoms with van der Waals surface area (Å²) in [5.74, 6) is 0. The van der Waals surface area contributed by atoms with E-state index in [1.54, 1.807) is 0 Å². The molecule has 0 heterocycles. The molecular weight excluding hydrogens is 194 g/mol. The van der Waals surface area contributed by atoms with Gasteiger partial charge in [0, 0.05) is 0 Å². The van der Waals surface area contributed by atoms with E-state index in [9.17, 15) is 0 Å². The maximum atomic E-state index is 8.33. The van der Waals surface area contributed by atoms with Crippen LogP contribution in [0.25, 0.3) is 0 Å². The molecule has 0 aromatic carbocycles. The van der Waals surface area contributed by atoms with Gasteiger partial charge in [-0.2, -0.15) is 5.26 Å². The molecule has 1 heteroatoms. The van der Waals surface area contributed by atoms with Crippen LogP contribution in [0, 0.1) is 11.3 Å². The summed E-state index contributed by atoms with van der Waals surface area (Å²) in [4.78, 5) is 0. The van der Waals surface area contributed by atoms with Gasteiger partial charge in [0.25, 0.3) is 0 Å². The fourth-order valence-corrected chi connectivity index (χ4v) is 1.83. The molecule has 1 nitrogen and oxygen atoms in total. The predicted octanol–water partition coefficient (Wildman–Crippen LogP) is 5.38. The van der Waals surface area contributed by atoms with Crippen LogP contribution in [0.4, 0.5) is 0 Å². The standard InChI is InChI=1S/C15H27N/c1-2-3-4-5-6-7-8-9-10-11-12-13-14-15-16/h12-13H,2-11,14H2,1H3. The molecule has 92 valence electrons. The minimum atomic E-state index is 0.567. The quantitative estimate of drug-likeness (QED) is 0.339. The first kappa shape index (κ1) is 15.2. The van der Waals surface area contributed by atoms with Crippen LogP contribution in [0.2, 0.25) is 0 Å². The highest BCUT2D eigenvalue weighted by Gasteiger charge is 1.90. The van der Waals surface area contributed by atoms with Crippen molar-refractivity contribution >= 4 is 0 Å². The van der Waals surface area contributed by atoms with Crippen molar-refractivity contribution in [1.29, 1.82) is 5.26 Å². The van der Waals surface area contributed by atoms with Crippen molar-refractivity contribution in [3.63, 3.8) is 0 Å². The van der Waals surface area contributed by atoms with Crippen molar-refractivity contribution in [2.24, 2.45) is 0 Å². The average Bonchev–Trinajstić information content (AvgIpc) is 2.31. The molecular formula is C15H27N. The number of nitrogens with zero attached hydrogens (tertiary/aromatic N) is 1. The Labute approximate surface area is 102 Å². The molecule has 0 aliphatic carbocycles. The van der Waals surface area contributed by atoms with E-state index in [2.05, 4.69) is 19.1 Å². The first-order valence-corrected chi connectivity index (χ1v) is 6.93. The number of nitriles is 1. The van der Waals surface area contributed by atoms with Crippen LogP contribution < -0.4 is 0 Å². The van der Waals surface area contributed by atoms with Crippen LogP contribution in [0.5, 0.6) is 0 Å². The van der Waals surface area contributed by atoms with Gasteiger partial charge >= 0.3 is 0 Å². The second kappa shape index (κ2) is 14.2. The first-order chi connectivity index (χ1) is 7.91. The van der Waals surface area contributed by atoms with Gasteiger partial charge in [0.2, 0.25) is 0 Å². The van der Waals surface area contributed by atoms with E-state index in [1.807, 2.05) is 6.08 Å². The van der Waals surface area contributed by atoms with Gasteiger partial charge in [0.15, 0.2) is 0 Å². The Morgan fingerprint density at radius 2 is 1.38 bits per heavy atom. The van der Waals surface area contributed by atoms with Crippen molar-refractivity contribution in [2.75, 3.05) is 0 Å². The Bertz CT molecular complexity index is 188. The van der Waals surface area contributed by atoms with Gasteiger partial charge in [-0.25, -0.2) is 0 Å². The van der Waals surface area contributed by atoms with E-state index in [0.717, 1.165) is 6.42 Å².